The molecule has 32 heavy (non-hydrogen) atoms. The van der Waals surface area contributed by atoms with Crippen LogP contribution in [0.25, 0.3) is 0 Å². The van der Waals surface area contributed by atoms with Crippen molar-refractivity contribution in [2.24, 2.45) is 0 Å². The number of hydrogen-bond acceptors (Lipinski definition) is 7. The van der Waals surface area contributed by atoms with Crippen molar-refractivity contribution < 1.29 is 23.4 Å². The van der Waals surface area contributed by atoms with E-state index in [1.807, 2.05) is 29.2 Å². The van der Waals surface area contributed by atoms with Gasteiger partial charge in [-0.2, -0.15) is 13.2 Å². The van der Waals surface area contributed by atoms with Gasteiger partial charge in [-0.15, -0.1) is 0 Å². The molecule has 4 rings (SSSR count). The molecule has 174 valence electrons. The Hall–Kier alpha value is -2.56. The zero-order chi connectivity index (χ0) is 22.9. The summed E-state index contributed by atoms with van der Waals surface area (Å²) in [4.78, 5) is 10.1. The van der Waals surface area contributed by atoms with Crippen molar-refractivity contribution in [2.45, 2.75) is 24.4 Å². The van der Waals surface area contributed by atoms with Crippen molar-refractivity contribution >= 4 is 17.2 Å². The van der Waals surface area contributed by atoms with Crippen LogP contribution >= 0.6 is 0 Å². The zero-order valence-electron chi connectivity index (χ0n) is 17.8. The summed E-state index contributed by atoms with van der Waals surface area (Å²) in [7, 11) is 2.11. The number of aromatic nitrogens is 1. The topological polar surface area (TPSA) is 75.1 Å². The number of nitrogens with one attached hydrogen (secondary N) is 1. The van der Waals surface area contributed by atoms with E-state index in [4.69, 9.17) is 0 Å². The van der Waals surface area contributed by atoms with E-state index in [0.29, 0.717) is 6.54 Å². The summed E-state index contributed by atoms with van der Waals surface area (Å²) in [6.07, 6.45) is -6.74. The molecule has 0 bridgehead atoms. The largest absolute Gasteiger partial charge is 0.433 e. The fraction of sp³-hybridized carbons (Fsp3) is 0.500. The van der Waals surface area contributed by atoms with Crippen molar-refractivity contribution in [3.05, 3.63) is 48.2 Å². The zero-order valence-corrected chi connectivity index (χ0v) is 17.8. The average molecular weight is 451 g/mol. The van der Waals surface area contributed by atoms with Crippen LogP contribution in [-0.4, -0.2) is 84.7 Å². The van der Waals surface area contributed by atoms with Gasteiger partial charge in [-0.3, -0.25) is 0 Å². The Morgan fingerprint density at radius 1 is 0.906 bits per heavy atom. The molecule has 2 saturated heterocycles. The van der Waals surface area contributed by atoms with Crippen LogP contribution in [0, 0.1) is 0 Å². The minimum Gasteiger partial charge on any atom is -0.388 e. The van der Waals surface area contributed by atoms with E-state index >= 15 is 0 Å². The van der Waals surface area contributed by atoms with E-state index in [1.54, 1.807) is 0 Å². The van der Waals surface area contributed by atoms with Crippen LogP contribution in [-0.2, 0) is 6.18 Å². The maximum absolute atomic E-state index is 13.0. The first kappa shape index (κ1) is 22.6. The molecule has 0 saturated carbocycles. The van der Waals surface area contributed by atoms with Gasteiger partial charge in [-0.1, -0.05) is 6.07 Å². The van der Waals surface area contributed by atoms with Crippen LogP contribution < -0.4 is 15.1 Å². The molecule has 0 aliphatic carbocycles. The van der Waals surface area contributed by atoms with Crippen molar-refractivity contribution in [1.29, 1.82) is 0 Å². The highest BCUT2D eigenvalue weighted by Crippen LogP contribution is 2.29. The monoisotopic (exact) mass is 451 g/mol. The number of anilines is 3. The number of pyridine rings is 1. The Balaban J connectivity index is 1.46. The molecular formula is C22H28F3N5O2. The Kier molecular flexibility index (Phi) is 6.45. The molecule has 3 heterocycles. The van der Waals surface area contributed by atoms with Crippen molar-refractivity contribution in [3.8, 4) is 0 Å². The van der Waals surface area contributed by atoms with Gasteiger partial charge in [0.2, 0.25) is 0 Å². The number of halogens is 3. The molecule has 1 aromatic heterocycles. The second kappa shape index (κ2) is 9.13. The number of hydrogen-bond donors (Lipinski definition) is 3. The van der Waals surface area contributed by atoms with Gasteiger partial charge in [0.1, 0.15) is 17.6 Å². The number of aliphatic hydroxyl groups is 2. The summed E-state index contributed by atoms with van der Waals surface area (Å²) in [5.74, 6) is 0.00309. The van der Waals surface area contributed by atoms with Crippen molar-refractivity contribution in [3.63, 3.8) is 0 Å². The van der Waals surface area contributed by atoms with Crippen LogP contribution in [0.1, 0.15) is 5.69 Å². The first-order valence-corrected chi connectivity index (χ1v) is 10.7. The Morgan fingerprint density at radius 2 is 1.53 bits per heavy atom. The lowest BCUT2D eigenvalue weighted by Gasteiger charge is -2.41. The SMILES string of the molecule is CN1CCN(c2ccc(N3C[C@H](Nc4cccc(C(F)(F)F)n4)[C@@H](O)[C@@H](O)C3)cc2)CC1. The summed E-state index contributed by atoms with van der Waals surface area (Å²) in [5.41, 5.74) is 0.990. The van der Waals surface area contributed by atoms with E-state index in [2.05, 4.69) is 27.1 Å². The van der Waals surface area contributed by atoms with Crippen molar-refractivity contribution in [2.75, 3.05) is 61.4 Å². The standard InChI is InChI=1S/C22H28F3N5O2/c1-28-9-11-29(12-10-28)15-5-7-16(8-6-15)30-13-17(21(32)18(31)14-30)26-20-4-2-3-19(27-20)22(23,24)25/h2-8,17-18,21,31-32H,9-14H2,1H3,(H,26,27)/t17-,18-,21+/m0/s1. The summed E-state index contributed by atoms with van der Waals surface area (Å²) in [6.45, 7) is 4.47. The Morgan fingerprint density at radius 3 is 2.16 bits per heavy atom. The third kappa shape index (κ3) is 5.08. The molecule has 2 aromatic rings. The van der Waals surface area contributed by atoms with E-state index < -0.39 is 30.1 Å². The summed E-state index contributed by atoms with van der Waals surface area (Å²) < 4.78 is 38.9. The van der Waals surface area contributed by atoms with Crippen LogP contribution in [0.5, 0.6) is 0 Å². The maximum Gasteiger partial charge on any atom is 0.433 e. The van der Waals surface area contributed by atoms with Gasteiger partial charge in [0.25, 0.3) is 0 Å². The quantitative estimate of drug-likeness (QED) is 0.656. The third-order valence-electron chi connectivity index (χ3n) is 6.09. The molecule has 2 fully saturated rings. The highest BCUT2D eigenvalue weighted by Gasteiger charge is 2.36. The highest BCUT2D eigenvalue weighted by atomic mass is 19.4. The van der Waals surface area contributed by atoms with Gasteiger partial charge < -0.3 is 30.2 Å². The highest BCUT2D eigenvalue weighted by molar-refractivity contribution is 5.57. The number of β-amino-alcohol motifs (C(OH)–C–C–N with tert-alkyl or cyclic N) is 1. The number of likely N-dealkylation sites (N-methyl/N-ethyl adjacent to an activating group) is 1. The molecule has 0 spiro atoms. The van der Waals surface area contributed by atoms with E-state index in [0.717, 1.165) is 43.6 Å². The molecule has 3 atom stereocenters. The van der Waals surface area contributed by atoms with Gasteiger partial charge in [0.05, 0.1) is 12.1 Å². The van der Waals surface area contributed by atoms with Crippen molar-refractivity contribution in [1.82, 2.24) is 9.88 Å². The first-order valence-electron chi connectivity index (χ1n) is 10.7. The van der Waals surface area contributed by atoms with Crippen LogP contribution in [0.15, 0.2) is 42.5 Å². The number of rotatable bonds is 4. The van der Waals surface area contributed by atoms with E-state index in [-0.39, 0.29) is 12.4 Å². The number of piperidine rings is 1. The fourth-order valence-corrected chi connectivity index (χ4v) is 4.17. The number of nitrogens with zero attached hydrogens (tertiary/aromatic N) is 4. The number of aliphatic hydroxyl groups excluding tert-OH is 2. The third-order valence-corrected chi connectivity index (χ3v) is 6.09. The Bertz CT molecular complexity index is 903. The summed E-state index contributed by atoms with van der Waals surface area (Å²) >= 11 is 0. The van der Waals surface area contributed by atoms with Gasteiger partial charge in [-0.25, -0.2) is 4.98 Å². The second-order valence-electron chi connectivity index (χ2n) is 8.43. The molecule has 7 nitrogen and oxygen atoms in total. The molecule has 0 amide bonds. The smallest absolute Gasteiger partial charge is 0.388 e. The lowest BCUT2D eigenvalue weighted by Crippen LogP contribution is -2.58. The van der Waals surface area contributed by atoms with E-state index in [9.17, 15) is 23.4 Å². The molecule has 2 aliphatic rings. The molecular weight excluding hydrogens is 423 g/mol. The summed E-state index contributed by atoms with van der Waals surface area (Å²) in [6, 6.07) is 10.9. The van der Waals surface area contributed by atoms with Gasteiger partial charge in [0, 0.05) is 50.6 Å². The molecule has 10 heteroatoms. The number of benzene rings is 1. The lowest BCUT2D eigenvalue weighted by molar-refractivity contribution is -0.141. The van der Waals surface area contributed by atoms with Gasteiger partial charge in [-0.05, 0) is 43.4 Å². The van der Waals surface area contributed by atoms with Crippen LogP contribution in [0.3, 0.4) is 0 Å². The molecule has 0 unspecified atom stereocenters. The van der Waals surface area contributed by atoms with E-state index in [1.165, 1.54) is 12.1 Å². The predicted molar refractivity (Wildman–Crippen MR) is 117 cm³/mol. The first-order chi connectivity index (χ1) is 15.2. The minimum absolute atomic E-state index is 0.00309. The second-order valence-corrected chi connectivity index (χ2v) is 8.43. The lowest BCUT2D eigenvalue weighted by atomic mass is 9.98. The molecule has 3 N–H and O–H groups in total. The van der Waals surface area contributed by atoms with Crippen LogP contribution in [0.2, 0.25) is 0 Å². The Labute approximate surface area is 185 Å². The minimum atomic E-state index is -4.56. The van der Waals surface area contributed by atoms with Gasteiger partial charge >= 0.3 is 6.18 Å². The normalized spacial score (nSPS) is 25.1. The molecule has 2 aliphatic heterocycles. The molecule has 1 aromatic carbocycles. The molecule has 0 radical (unpaired) electrons. The summed E-state index contributed by atoms with van der Waals surface area (Å²) in [5, 5.41) is 23.7. The van der Waals surface area contributed by atoms with Crippen LogP contribution in [0.4, 0.5) is 30.4 Å². The average Bonchev–Trinajstić information content (AvgIpc) is 2.77. The van der Waals surface area contributed by atoms with Gasteiger partial charge in [0.15, 0.2) is 0 Å². The maximum atomic E-state index is 13.0. The predicted octanol–water partition coefficient (Wildman–Crippen LogP) is 1.87. The number of alkyl halides is 3. The number of piperazine rings is 1. The fourth-order valence-electron chi connectivity index (χ4n) is 4.17.